The van der Waals surface area contributed by atoms with E-state index in [1.54, 1.807) is 0 Å². The van der Waals surface area contributed by atoms with Gasteiger partial charge in [-0.15, -0.1) is 0 Å². The highest BCUT2D eigenvalue weighted by Crippen LogP contribution is 2.35. The summed E-state index contributed by atoms with van der Waals surface area (Å²) in [5.41, 5.74) is 5.71. The number of rotatable bonds is 14. The molecule has 0 bridgehead atoms. The van der Waals surface area contributed by atoms with E-state index < -0.39 is 0 Å². The largest absolute Gasteiger partial charge is 0.493 e. The van der Waals surface area contributed by atoms with E-state index in [1.165, 1.54) is 11.1 Å². The number of ether oxygens (including phenoxy) is 2. The second-order valence-electron chi connectivity index (χ2n) is 9.97. The van der Waals surface area contributed by atoms with E-state index in [4.69, 9.17) is 9.47 Å². The molecule has 1 saturated heterocycles. The Morgan fingerprint density at radius 1 is 0.892 bits per heavy atom. The zero-order valence-corrected chi connectivity index (χ0v) is 22.6. The molecule has 1 aliphatic rings. The number of aryl methyl sites for hydroxylation is 1. The van der Waals surface area contributed by atoms with Gasteiger partial charge >= 0.3 is 0 Å². The number of likely N-dealkylation sites (tertiary alicyclic amines) is 1. The number of nitrogens with one attached hydrogen (secondary N) is 1. The van der Waals surface area contributed by atoms with Gasteiger partial charge in [0.15, 0.2) is 0 Å². The Bertz CT molecular complexity index is 1130. The molecule has 1 atom stereocenters. The minimum absolute atomic E-state index is 0.165. The molecule has 7 heteroatoms. The Balaban J connectivity index is 1.24. The van der Waals surface area contributed by atoms with Gasteiger partial charge in [-0.2, -0.15) is 5.10 Å². The number of β-amino-alcohol motifs (C(OH)–C–C–N with tert-alkyl or cyclic N) is 1. The second-order valence-corrected chi connectivity index (χ2v) is 9.97. The molecule has 1 aliphatic heterocycles. The number of aliphatic hydroxyl groups is 1. The fourth-order valence-electron chi connectivity index (χ4n) is 4.90. The van der Waals surface area contributed by atoms with Crippen molar-refractivity contribution in [1.29, 1.82) is 0 Å². The first kappa shape index (κ1) is 27.2. The lowest BCUT2D eigenvalue weighted by atomic mass is 9.95. The van der Waals surface area contributed by atoms with Crippen molar-refractivity contribution in [1.82, 2.24) is 20.0 Å². The fraction of sp³-hybridized carbons (Fsp3) is 0.500. The van der Waals surface area contributed by atoms with E-state index in [-0.39, 0.29) is 6.10 Å². The van der Waals surface area contributed by atoms with Crippen LogP contribution in [-0.2, 0) is 6.54 Å². The SMILES string of the molecule is Cc1ccn(CCNCCCOc2cccc(-c3cccc(OCCCN4CC[C@@H](O)C4)c3C)c2C)n1. The number of hydrogen-bond acceptors (Lipinski definition) is 6. The fourth-order valence-corrected chi connectivity index (χ4v) is 4.90. The standard InChI is InChI=1S/C30H42N4O3/c1-23-12-18-34(32-23)19-15-31-14-6-20-36-29-10-4-8-27(24(29)2)28-9-5-11-30(25(28)3)37-21-7-16-33-17-13-26(35)22-33/h4-5,8-12,18,26,31,35H,6-7,13-17,19-22H2,1-3H3/t26-/m1/s1. The summed E-state index contributed by atoms with van der Waals surface area (Å²) in [5.74, 6) is 1.86. The number of aliphatic hydroxyl groups excluding tert-OH is 1. The van der Waals surface area contributed by atoms with E-state index >= 15 is 0 Å². The molecule has 0 aliphatic carbocycles. The summed E-state index contributed by atoms with van der Waals surface area (Å²) in [6, 6.07) is 14.6. The van der Waals surface area contributed by atoms with Crippen molar-refractivity contribution >= 4 is 0 Å². The molecule has 3 aromatic rings. The Morgan fingerprint density at radius 3 is 2.16 bits per heavy atom. The highest BCUT2D eigenvalue weighted by Gasteiger charge is 2.19. The second kappa shape index (κ2) is 13.6. The summed E-state index contributed by atoms with van der Waals surface area (Å²) < 4.78 is 14.3. The quantitative estimate of drug-likeness (QED) is 0.317. The average Bonchev–Trinajstić information content (AvgIpc) is 3.50. The summed E-state index contributed by atoms with van der Waals surface area (Å²) in [4.78, 5) is 2.31. The van der Waals surface area contributed by atoms with Crippen molar-refractivity contribution < 1.29 is 14.6 Å². The Hall–Kier alpha value is -2.87. The van der Waals surface area contributed by atoms with Gasteiger partial charge in [-0.1, -0.05) is 24.3 Å². The molecule has 0 saturated carbocycles. The smallest absolute Gasteiger partial charge is 0.122 e. The van der Waals surface area contributed by atoms with Crippen LogP contribution in [0.2, 0.25) is 0 Å². The molecule has 2 N–H and O–H groups in total. The van der Waals surface area contributed by atoms with Gasteiger partial charge in [-0.3, -0.25) is 4.68 Å². The lowest BCUT2D eigenvalue weighted by Crippen LogP contribution is -2.24. The van der Waals surface area contributed by atoms with Crippen molar-refractivity contribution in [3.8, 4) is 22.6 Å². The molecule has 0 amide bonds. The van der Waals surface area contributed by atoms with Crippen molar-refractivity contribution in [2.75, 3.05) is 45.9 Å². The van der Waals surface area contributed by atoms with E-state index in [9.17, 15) is 5.11 Å². The molecule has 1 aromatic heterocycles. The molecule has 2 aromatic carbocycles. The molecule has 0 unspecified atom stereocenters. The molecule has 4 rings (SSSR count). The van der Waals surface area contributed by atoms with Gasteiger partial charge in [0.05, 0.1) is 31.6 Å². The van der Waals surface area contributed by atoms with Crippen LogP contribution in [0.1, 0.15) is 36.1 Å². The maximum Gasteiger partial charge on any atom is 0.122 e. The molecular formula is C30H42N4O3. The van der Waals surface area contributed by atoms with E-state index in [0.29, 0.717) is 13.2 Å². The van der Waals surface area contributed by atoms with Crippen LogP contribution in [0.4, 0.5) is 0 Å². The maximum absolute atomic E-state index is 9.69. The van der Waals surface area contributed by atoms with E-state index in [2.05, 4.69) is 65.6 Å². The van der Waals surface area contributed by atoms with Crippen LogP contribution in [0, 0.1) is 20.8 Å². The summed E-state index contributed by atoms with van der Waals surface area (Å²) in [5, 5.41) is 17.6. The molecule has 37 heavy (non-hydrogen) atoms. The van der Waals surface area contributed by atoms with E-state index in [1.807, 2.05) is 23.9 Å². The van der Waals surface area contributed by atoms with Crippen LogP contribution >= 0.6 is 0 Å². The zero-order chi connectivity index (χ0) is 26.0. The van der Waals surface area contributed by atoms with Crippen molar-refractivity contribution in [3.63, 3.8) is 0 Å². The number of nitrogens with zero attached hydrogens (tertiary/aromatic N) is 3. The molecule has 0 radical (unpaired) electrons. The van der Waals surface area contributed by atoms with Gasteiger partial charge in [-0.05, 0) is 87.0 Å². The maximum atomic E-state index is 9.69. The van der Waals surface area contributed by atoms with Crippen molar-refractivity contribution in [2.24, 2.45) is 0 Å². The normalized spacial score (nSPS) is 15.8. The third kappa shape index (κ3) is 7.81. The van der Waals surface area contributed by atoms with Crippen LogP contribution < -0.4 is 14.8 Å². The van der Waals surface area contributed by atoms with Gasteiger partial charge in [0.2, 0.25) is 0 Å². The Morgan fingerprint density at radius 2 is 1.57 bits per heavy atom. The third-order valence-corrected chi connectivity index (χ3v) is 7.03. The monoisotopic (exact) mass is 506 g/mol. The predicted molar refractivity (Wildman–Crippen MR) is 148 cm³/mol. The third-order valence-electron chi connectivity index (χ3n) is 7.03. The average molecular weight is 507 g/mol. The first-order valence-electron chi connectivity index (χ1n) is 13.6. The highest BCUT2D eigenvalue weighted by molar-refractivity contribution is 5.74. The molecule has 0 spiro atoms. The van der Waals surface area contributed by atoms with E-state index in [0.717, 1.165) is 86.9 Å². The summed E-state index contributed by atoms with van der Waals surface area (Å²) in [7, 11) is 0. The van der Waals surface area contributed by atoms with Gasteiger partial charge < -0.3 is 24.8 Å². The van der Waals surface area contributed by atoms with Crippen molar-refractivity contribution in [2.45, 2.75) is 52.7 Å². The molecule has 200 valence electrons. The van der Waals surface area contributed by atoms with Gasteiger partial charge in [0, 0.05) is 32.4 Å². The van der Waals surface area contributed by atoms with Crippen LogP contribution in [0.3, 0.4) is 0 Å². The highest BCUT2D eigenvalue weighted by atomic mass is 16.5. The lowest BCUT2D eigenvalue weighted by Gasteiger charge is -2.18. The van der Waals surface area contributed by atoms with Crippen molar-refractivity contribution in [3.05, 3.63) is 65.5 Å². The minimum atomic E-state index is -0.165. The molecule has 7 nitrogen and oxygen atoms in total. The van der Waals surface area contributed by atoms with Crippen LogP contribution in [0.5, 0.6) is 11.5 Å². The zero-order valence-electron chi connectivity index (χ0n) is 22.6. The first-order valence-corrected chi connectivity index (χ1v) is 13.6. The minimum Gasteiger partial charge on any atom is -0.493 e. The van der Waals surface area contributed by atoms with Gasteiger partial charge in [0.25, 0.3) is 0 Å². The van der Waals surface area contributed by atoms with Gasteiger partial charge in [0.1, 0.15) is 11.5 Å². The molecule has 2 heterocycles. The van der Waals surface area contributed by atoms with Crippen LogP contribution in [0.25, 0.3) is 11.1 Å². The predicted octanol–water partition coefficient (Wildman–Crippen LogP) is 4.37. The Labute approximate surface area is 221 Å². The summed E-state index contributed by atoms with van der Waals surface area (Å²) in [6.45, 7) is 13.0. The number of benzene rings is 2. The number of aromatic nitrogens is 2. The lowest BCUT2D eigenvalue weighted by molar-refractivity contribution is 0.173. The number of hydrogen-bond donors (Lipinski definition) is 2. The van der Waals surface area contributed by atoms with Gasteiger partial charge in [-0.25, -0.2) is 0 Å². The molecule has 1 fully saturated rings. The first-order chi connectivity index (χ1) is 18.0. The Kier molecular flexibility index (Phi) is 9.99. The topological polar surface area (TPSA) is 71.8 Å². The molecular weight excluding hydrogens is 464 g/mol. The summed E-state index contributed by atoms with van der Waals surface area (Å²) >= 11 is 0. The van der Waals surface area contributed by atoms with Crippen LogP contribution in [-0.4, -0.2) is 71.8 Å². The van der Waals surface area contributed by atoms with Crippen LogP contribution in [0.15, 0.2) is 48.7 Å². The summed E-state index contributed by atoms with van der Waals surface area (Å²) in [6.07, 6.45) is 4.63.